The first-order chi connectivity index (χ1) is 8.12. The van der Waals surface area contributed by atoms with Gasteiger partial charge in [0.2, 0.25) is 0 Å². The van der Waals surface area contributed by atoms with E-state index in [2.05, 4.69) is 33.9 Å². The van der Waals surface area contributed by atoms with Gasteiger partial charge in [0.25, 0.3) is 0 Å². The first kappa shape index (κ1) is 14.3. The topological polar surface area (TPSA) is 21.7 Å². The second-order valence-corrected chi connectivity index (χ2v) is 4.58. The van der Waals surface area contributed by atoms with E-state index in [0.29, 0.717) is 0 Å². The predicted octanol–water partition coefficient (Wildman–Crippen LogP) is 2.84. The molecule has 1 rings (SSSR count). The van der Waals surface area contributed by atoms with Gasteiger partial charge in [-0.25, -0.2) is 0 Å². The Hall–Kier alpha value is -0.740. The van der Waals surface area contributed by atoms with Gasteiger partial charge in [-0.3, -0.25) is 4.90 Å². The molecular weight excluding hydrogens is 282 g/mol. The number of aryl methyl sites for hydroxylation is 1. The Morgan fingerprint density at radius 2 is 1.82 bits per heavy atom. The van der Waals surface area contributed by atoms with Crippen LogP contribution in [0.4, 0.5) is 0 Å². The third-order valence-electron chi connectivity index (χ3n) is 2.76. The van der Waals surface area contributed by atoms with Crippen LogP contribution in [0.5, 0.6) is 11.5 Å². The van der Waals surface area contributed by atoms with Crippen LogP contribution in [-0.2, 0) is 6.42 Å². The summed E-state index contributed by atoms with van der Waals surface area (Å²) in [6, 6.07) is 4.10. The molecule has 96 valence electrons. The molecule has 0 saturated carbocycles. The number of rotatable bonds is 6. The number of ether oxygens (including phenoxy) is 2. The maximum absolute atomic E-state index is 5.41. The Morgan fingerprint density at radius 1 is 1.18 bits per heavy atom. The van der Waals surface area contributed by atoms with E-state index < -0.39 is 0 Å². The minimum atomic E-state index is 0.873. The summed E-state index contributed by atoms with van der Waals surface area (Å²) >= 11 is 3.43. The van der Waals surface area contributed by atoms with E-state index in [-0.39, 0.29) is 0 Å². The van der Waals surface area contributed by atoms with E-state index >= 15 is 0 Å². The summed E-state index contributed by atoms with van der Waals surface area (Å²) in [7, 11) is 5.48. The van der Waals surface area contributed by atoms with Crippen molar-refractivity contribution in [2.24, 2.45) is 0 Å². The van der Waals surface area contributed by atoms with Gasteiger partial charge in [-0.2, -0.15) is 0 Å². The first-order valence-electron chi connectivity index (χ1n) is 5.58. The van der Waals surface area contributed by atoms with Crippen LogP contribution in [0.15, 0.2) is 12.1 Å². The normalized spacial score (nSPS) is 10.7. The van der Waals surface area contributed by atoms with Crippen LogP contribution in [0.1, 0.15) is 11.1 Å². The number of alkyl halides is 1. The van der Waals surface area contributed by atoms with E-state index in [1.54, 1.807) is 14.2 Å². The van der Waals surface area contributed by atoms with E-state index in [4.69, 9.17) is 9.47 Å². The molecule has 0 N–H and O–H groups in total. The molecule has 0 fully saturated rings. The lowest BCUT2D eigenvalue weighted by Crippen LogP contribution is -2.19. The molecule has 0 aliphatic carbocycles. The quantitative estimate of drug-likeness (QED) is 0.596. The minimum Gasteiger partial charge on any atom is -0.496 e. The van der Waals surface area contributed by atoms with Gasteiger partial charge < -0.3 is 9.47 Å². The second kappa shape index (κ2) is 6.87. The Balaban J connectivity index is 2.88. The molecule has 17 heavy (non-hydrogen) atoms. The maximum Gasteiger partial charge on any atom is 0.122 e. The van der Waals surface area contributed by atoms with Crippen LogP contribution in [0.25, 0.3) is 0 Å². The van der Waals surface area contributed by atoms with Crippen molar-refractivity contribution in [1.29, 1.82) is 0 Å². The minimum absolute atomic E-state index is 0.873. The lowest BCUT2D eigenvalue weighted by atomic mass is 10.1. The molecule has 0 unspecified atom stereocenters. The zero-order valence-electron chi connectivity index (χ0n) is 10.9. The van der Waals surface area contributed by atoms with Crippen LogP contribution in [0.3, 0.4) is 0 Å². The molecule has 1 aromatic carbocycles. The van der Waals surface area contributed by atoms with Crippen LogP contribution in [-0.4, -0.2) is 38.2 Å². The van der Waals surface area contributed by atoms with Gasteiger partial charge in [0.1, 0.15) is 11.5 Å². The number of hydrogen-bond acceptors (Lipinski definition) is 3. The zero-order valence-corrected chi connectivity index (χ0v) is 12.5. The highest BCUT2D eigenvalue weighted by Gasteiger charge is 2.09. The van der Waals surface area contributed by atoms with Crippen LogP contribution < -0.4 is 9.47 Å². The molecule has 4 heteroatoms. The van der Waals surface area contributed by atoms with Crippen molar-refractivity contribution < 1.29 is 9.47 Å². The summed E-state index contributed by atoms with van der Waals surface area (Å²) in [4.78, 5) is 2.20. The summed E-state index contributed by atoms with van der Waals surface area (Å²) in [5, 5.41) is 0. The highest BCUT2D eigenvalue weighted by atomic mass is 79.9. The molecule has 1 aromatic rings. The lowest BCUT2D eigenvalue weighted by Gasteiger charge is -2.16. The highest BCUT2D eigenvalue weighted by Crippen LogP contribution is 2.28. The largest absolute Gasteiger partial charge is 0.496 e. The highest BCUT2D eigenvalue weighted by molar-refractivity contribution is 9.09. The number of benzene rings is 1. The summed E-state index contributed by atoms with van der Waals surface area (Å²) in [6.07, 6.45) is 0.946. The molecule has 0 bridgehead atoms. The number of hydrogen-bond donors (Lipinski definition) is 0. The van der Waals surface area contributed by atoms with Crippen LogP contribution >= 0.6 is 15.9 Å². The molecule has 0 atom stereocenters. The molecule has 0 aromatic heterocycles. The number of halogens is 1. The van der Waals surface area contributed by atoms with Crippen LogP contribution in [0.2, 0.25) is 0 Å². The third-order valence-corrected chi connectivity index (χ3v) is 3.62. The fraction of sp³-hybridized carbons (Fsp3) is 0.538. The fourth-order valence-electron chi connectivity index (χ4n) is 1.68. The van der Waals surface area contributed by atoms with Gasteiger partial charge in [-0.05, 0) is 43.7 Å². The molecule has 0 spiro atoms. The summed E-state index contributed by atoms with van der Waals surface area (Å²) < 4.78 is 10.7. The molecule has 0 amide bonds. The van der Waals surface area contributed by atoms with Crippen LogP contribution in [0, 0.1) is 6.92 Å². The fourth-order valence-corrected chi connectivity index (χ4v) is 1.93. The average Bonchev–Trinajstić information content (AvgIpc) is 2.36. The Labute approximate surface area is 112 Å². The molecule has 0 heterocycles. The van der Waals surface area contributed by atoms with Crippen molar-refractivity contribution in [2.45, 2.75) is 13.3 Å². The summed E-state index contributed by atoms with van der Waals surface area (Å²) in [5.74, 6) is 1.86. The lowest BCUT2D eigenvalue weighted by molar-refractivity contribution is 0.380. The van der Waals surface area contributed by atoms with Crippen molar-refractivity contribution in [3.05, 3.63) is 23.3 Å². The Bertz CT molecular complexity index is 369. The first-order valence-corrected chi connectivity index (χ1v) is 6.70. The molecule has 0 aliphatic heterocycles. The molecule has 3 nitrogen and oxygen atoms in total. The number of methoxy groups -OCH3 is 2. The van der Waals surface area contributed by atoms with Gasteiger partial charge >= 0.3 is 0 Å². The van der Waals surface area contributed by atoms with Gasteiger partial charge in [-0.15, -0.1) is 0 Å². The standard InChI is InChI=1S/C13H20BrNO2/c1-10-7-13(17-4)11(8-12(10)16-3)5-6-15(2)9-14/h7-8H,5-6,9H2,1-4H3. The molecule has 0 saturated heterocycles. The number of likely N-dealkylation sites (N-methyl/N-ethyl adjacent to an activating group) is 1. The maximum atomic E-state index is 5.41. The van der Waals surface area contributed by atoms with Crippen molar-refractivity contribution in [1.82, 2.24) is 4.90 Å². The van der Waals surface area contributed by atoms with Crippen molar-refractivity contribution in [3.8, 4) is 11.5 Å². The molecular formula is C13H20BrNO2. The van der Waals surface area contributed by atoms with Gasteiger partial charge in [-0.1, -0.05) is 15.9 Å². The number of nitrogens with zero attached hydrogens (tertiary/aromatic N) is 1. The third kappa shape index (κ3) is 3.89. The van der Waals surface area contributed by atoms with E-state index in [9.17, 15) is 0 Å². The Morgan fingerprint density at radius 3 is 2.35 bits per heavy atom. The van der Waals surface area contributed by atoms with Gasteiger partial charge in [0.05, 0.1) is 19.7 Å². The second-order valence-electron chi connectivity index (χ2n) is 4.08. The van der Waals surface area contributed by atoms with Gasteiger partial charge in [0.15, 0.2) is 0 Å². The van der Waals surface area contributed by atoms with Crippen molar-refractivity contribution in [2.75, 3.05) is 33.3 Å². The average molecular weight is 302 g/mol. The van der Waals surface area contributed by atoms with E-state index in [0.717, 1.165) is 35.5 Å². The van der Waals surface area contributed by atoms with Gasteiger partial charge in [0, 0.05) is 6.54 Å². The van der Waals surface area contributed by atoms with E-state index in [1.165, 1.54) is 5.56 Å². The summed E-state index contributed by atoms with van der Waals surface area (Å²) in [6.45, 7) is 3.00. The predicted molar refractivity (Wildman–Crippen MR) is 74.4 cm³/mol. The molecule has 0 aliphatic rings. The SMILES string of the molecule is COc1cc(CCN(C)CBr)c(OC)cc1C. The van der Waals surface area contributed by atoms with Crippen molar-refractivity contribution >= 4 is 15.9 Å². The monoisotopic (exact) mass is 301 g/mol. The Kier molecular flexibility index (Phi) is 5.78. The van der Waals surface area contributed by atoms with E-state index in [1.807, 2.05) is 13.0 Å². The zero-order chi connectivity index (χ0) is 12.8. The van der Waals surface area contributed by atoms with Crippen molar-refractivity contribution in [3.63, 3.8) is 0 Å². The molecule has 0 radical (unpaired) electrons. The summed E-state index contributed by atoms with van der Waals surface area (Å²) in [5.41, 5.74) is 3.16. The smallest absolute Gasteiger partial charge is 0.122 e.